The maximum atomic E-state index is 11.7. The van der Waals surface area contributed by atoms with Crippen molar-refractivity contribution in [1.29, 1.82) is 0 Å². The van der Waals surface area contributed by atoms with Gasteiger partial charge in [-0.25, -0.2) is 4.79 Å². The van der Waals surface area contributed by atoms with Crippen LogP contribution in [-0.4, -0.2) is 29.4 Å². The number of carbonyl (C=O) groups excluding carboxylic acids is 2. The number of aryl methyl sites for hydroxylation is 1. The Hall–Kier alpha value is -2.44. The van der Waals surface area contributed by atoms with Crippen LogP contribution in [0.15, 0.2) is 18.2 Å². The molecule has 0 unspecified atom stereocenters. The molecule has 108 valence electrons. The van der Waals surface area contributed by atoms with Crippen LogP contribution in [0.4, 0.5) is 5.69 Å². The fourth-order valence-electron chi connectivity index (χ4n) is 1.57. The molecule has 1 aromatic carbocycles. The lowest BCUT2D eigenvalue weighted by atomic mass is 10.1. The van der Waals surface area contributed by atoms with Crippen molar-refractivity contribution in [2.75, 3.05) is 6.61 Å². The Morgan fingerprint density at radius 3 is 2.55 bits per heavy atom. The van der Waals surface area contributed by atoms with Crippen LogP contribution in [0.3, 0.4) is 0 Å². The average molecular weight is 280 g/mol. The second-order valence-corrected chi connectivity index (χ2v) is 4.56. The van der Waals surface area contributed by atoms with Crippen molar-refractivity contribution in [1.82, 2.24) is 5.32 Å². The van der Waals surface area contributed by atoms with E-state index in [0.717, 1.165) is 0 Å². The largest absolute Gasteiger partial charge is 0.452 e. The van der Waals surface area contributed by atoms with Crippen molar-refractivity contribution in [3.8, 4) is 0 Å². The summed E-state index contributed by atoms with van der Waals surface area (Å²) in [7, 11) is 0. The topological polar surface area (TPSA) is 98.5 Å². The van der Waals surface area contributed by atoms with Gasteiger partial charge in [0.15, 0.2) is 6.61 Å². The minimum atomic E-state index is -0.693. The molecule has 7 nitrogen and oxygen atoms in total. The molecule has 1 amide bonds. The van der Waals surface area contributed by atoms with Gasteiger partial charge in [0.1, 0.15) is 0 Å². The molecular weight excluding hydrogens is 264 g/mol. The molecular formula is C13H16N2O5. The number of nitrogens with zero attached hydrogens (tertiary/aromatic N) is 1. The van der Waals surface area contributed by atoms with E-state index in [1.54, 1.807) is 13.8 Å². The van der Waals surface area contributed by atoms with Gasteiger partial charge in [-0.2, -0.15) is 0 Å². The van der Waals surface area contributed by atoms with E-state index in [9.17, 15) is 19.7 Å². The SMILES string of the molecule is Cc1cc(C(=O)OCC(=O)NC(C)C)ccc1[N+](=O)[O-]. The maximum Gasteiger partial charge on any atom is 0.338 e. The highest BCUT2D eigenvalue weighted by atomic mass is 16.6. The van der Waals surface area contributed by atoms with Crippen LogP contribution in [0.1, 0.15) is 29.8 Å². The van der Waals surface area contributed by atoms with Gasteiger partial charge >= 0.3 is 5.97 Å². The maximum absolute atomic E-state index is 11.7. The van der Waals surface area contributed by atoms with Crippen molar-refractivity contribution < 1.29 is 19.2 Å². The Kier molecular flexibility index (Phi) is 5.19. The molecule has 0 saturated heterocycles. The third-order valence-electron chi connectivity index (χ3n) is 2.41. The monoisotopic (exact) mass is 280 g/mol. The summed E-state index contributed by atoms with van der Waals surface area (Å²) in [5.74, 6) is -1.09. The number of carbonyl (C=O) groups is 2. The minimum absolute atomic E-state index is 0.0391. The Bertz CT molecular complexity index is 540. The summed E-state index contributed by atoms with van der Waals surface area (Å²) >= 11 is 0. The van der Waals surface area contributed by atoms with Crippen LogP contribution in [-0.2, 0) is 9.53 Å². The highest BCUT2D eigenvalue weighted by molar-refractivity contribution is 5.91. The Balaban J connectivity index is 2.67. The predicted molar refractivity (Wildman–Crippen MR) is 71.4 cm³/mol. The quantitative estimate of drug-likeness (QED) is 0.501. The summed E-state index contributed by atoms with van der Waals surface area (Å²) in [4.78, 5) is 33.1. The highest BCUT2D eigenvalue weighted by Crippen LogP contribution is 2.19. The second kappa shape index (κ2) is 6.65. The van der Waals surface area contributed by atoms with E-state index in [1.807, 2.05) is 0 Å². The second-order valence-electron chi connectivity index (χ2n) is 4.56. The number of amides is 1. The lowest BCUT2D eigenvalue weighted by Gasteiger charge is -2.09. The fraction of sp³-hybridized carbons (Fsp3) is 0.385. The van der Waals surface area contributed by atoms with Crippen LogP contribution in [0.5, 0.6) is 0 Å². The van der Waals surface area contributed by atoms with Crippen molar-refractivity contribution >= 4 is 17.6 Å². The van der Waals surface area contributed by atoms with Gasteiger partial charge in [-0.1, -0.05) is 0 Å². The molecule has 0 heterocycles. The van der Waals surface area contributed by atoms with Gasteiger partial charge in [-0.15, -0.1) is 0 Å². The number of benzene rings is 1. The molecule has 0 fully saturated rings. The van der Waals surface area contributed by atoms with E-state index in [1.165, 1.54) is 25.1 Å². The van der Waals surface area contributed by atoms with E-state index in [2.05, 4.69) is 5.32 Å². The van der Waals surface area contributed by atoms with Gasteiger partial charge in [-0.3, -0.25) is 14.9 Å². The summed E-state index contributed by atoms with van der Waals surface area (Å²) in [6, 6.07) is 3.86. The molecule has 0 aromatic heterocycles. The zero-order chi connectivity index (χ0) is 15.3. The van der Waals surface area contributed by atoms with Gasteiger partial charge in [0.05, 0.1) is 10.5 Å². The number of hydrogen-bond donors (Lipinski definition) is 1. The van der Waals surface area contributed by atoms with Gasteiger partial charge in [0.25, 0.3) is 11.6 Å². The zero-order valence-electron chi connectivity index (χ0n) is 11.5. The third kappa shape index (κ3) is 4.34. The fourth-order valence-corrected chi connectivity index (χ4v) is 1.57. The Labute approximate surface area is 116 Å². The normalized spacial score (nSPS) is 10.2. The molecule has 0 aliphatic rings. The first-order chi connectivity index (χ1) is 9.31. The van der Waals surface area contributed by atoms with Crippen molar-refractivity contribution in [3.05, 3.63) is 39.4 Å². The van der Waals surface area contributed by atoms with Crippen molar-refractivity contribution in [2.24, 2.45) is 0 Å². The van der Waals surface area contributed by atoms with Crippen LogP contribution in [0.2, 0.25) is 0 Å². The van der Waals surface area contributed by atoms with Crippen molar-refractivity contribution in [3.63, 3.8) is 0 Å². The predicted octanol–water partition coefficient (Wildman–Crippen LogP) is 1.58. The molecule has 0 aliphatic heterocycles. The average Bonchev–Trinajstić information content (AvgIpc) is 2.34. The number of nitro groups is 1. The lowest BCUT2D eigenvalue weighted by molar-refractivity contribution is -0.385. The molecule has 1 rings (SSSR count). The summed E-state index contributed by atoms with van der Waals surface area (Å²) < 4.78 is 4.83. The molecule has 20 heavy (non-hydrogen) atoms. The van der Waals surface area contributed by atoms with Gasteiger partial charge in [0, 0.05) is 17.7 Å². The number of nitrogens with one attached hydrogen (secondary N) is 1. The zero-order valence-corrected chi connectivity index (χ0v) is 11.5. The summed E-state index contributed by atoms with van der Waals surface area (Å²) in [6.45, 7) is 4.73. The molecule has 0 atom stereocenters. The van der Waals surface area contributed by atoms with Gasteiger partial charge < -0.3 is 10.1 Å². The van der Waals surface area contributed by atoms with Crippen LogP contribution in [0, 0.1) is 17.0 Å². The smallest absolute Gasteiger partial charge is 0.338 e. The van der Waals surface area contributed by atoms with E-state index in [-0.39, 0.29) is 23.9 Å². The van der Waals surface area contributed by atoms with E-state index in [4.69, 9.17) is 4.74 Å². The standard InChI is InChI=1S/C13H16N2O5/c1-8(2)14-12(16)7-20-13(17)10-4-5-11(15(18)19)9(3)6-10/h4-6,8H,7H2,1-3H3,(H,14,16). The van der Waals surface area contributed by atoms with Crippen LogP contribution < -0.4 is 5.32 Å². The van der Waals surface area contributed by atoms with Gasteiger partial charge in [-0.05, 0) is 32.9 Å². The van der Waals surface area contributed by atoms with Gasteiger partial charge in [0.2, 0.25) is 0 Å². The molecule has 0 bridgehead atoms. The van der Waals surface area contributed by atoms with E-state index >= 15 is 0 Å². The Morgan fingerprint density at radius 1 is 1.40 bits per heavy atom. The number of rotatable bonds is 5. The number of ether oxygens (including phenoxy) is 1. The van der Waals surface area contributed by atoms with E-state index < -0.39 is 16.8 Å². The first-order valence-corrected chi connectivity index (χ1v) is 6.02. The summed E-state index contributed by atoms with van der Waals surface area (Å²) in [5, 5.41) is 13.2. The molecule has 0 radical (unpaired) electrons. The first kappa shape index (κ1) is 15.6. The lowest BCUT2D eigenvalue weighted by Crippen LogP contribution is -2.33. The number of nitro benzene ring substituents is 1. The molecule has 0 saturated carbocycles. The molecule has 7 heteroatoms. The molecule has 0 spiro atoms. The number of esters is 1. The number of hydrogen-bond acceptors (Lipinski definition) is 5. The summed E-state index contributed by atoms with van der Waals surface area (Å²) in [6.07, 6.45) is 0. The molecule has 0 aliphatic carbocycles. The summed E-state index contributed by atoms with van der Waals surface area (Å²) in [5.41, 5.74) is 0.459. The van der Waals surface area contributed by atoms with Crippen molar-refractivity contribution in [2.45, 2.75) is 26.8 Å². The highest BCUT2D eigenvalue weighted by Gasteiger charge is 2.15. The van der Waals surface area contributed by atoms with E-state index in [0.29, 0.717) is 5.56 Å². The van der Waals surface area contributed by atoms with Crippen LogP contribution in [0.25, 0.3) is 0 Å². The molecule has 1 aromatic rings. The minimum Gasteiger partial charge on any atom is -0.452 e. The van der Waals surface area contributed by atoms with Crippen LogP contribution >= 0.6 is 0 Å². The third-order valence-corrected chi connectivity index (χ3v) is 2.41. The Morgan fingerprint density at radius 2 is 2.05 bits per heavy atom. The molecule has 1 N–H and O–H groups in total. The first-order valence-electron chi connectivity index (χ1n) is 6.02.